The molecule has 3 aromatic carbocycles. The second kappa shape index (κ2) is 11.3. The van der Waals surface area contributed by atoms with E-state index in [1.54, 1.807) is 30.3 Å². The standard InChI is InChI=1S/C28H21Cl2F3N4O4/c29-21-10-1-15(11-22(21)30)14-34-27(40)37-24(16-2-3-16)13-23(36-37)20-9-6-18(12-25(20)38)35-26(39)17-4-7-19(8-5-17)41-28(31,32)33/h1,4-13,16,38H,2-3,14H2,(H,34,40)(H,35,39). The summed E-state index contributed by atoms with van der Waals surface area (Å²) in [5.41, 5.74) is 2.51. The lowest BCUT2D eigenvalue weighted by Gasteiger charge is -2.10. The number of phenolic OH excluding ortho intramolecular Hbond substituents is 1. The summed E-state index contributed by atoms with van der Waals surface area (Å²) >= 11 is 12.0. The van der Waals surface area contributed by atoms with Crippen LogP contribution < -0.4 is 15.4 Å². The van der Waals surface area contributed by atoms with Gasteiger partial charge >= 0.3 is 12.4 Å². The van der Waals surface area contributed by atoms with Gasteiger partial charge in [-0.05, 0) is 73.0 Å². The van der Waals surface area contributed by atoms with Gasteiger partial charge in [-0.3, -0.25) is 4.79 Å². The van der Waals surface area contributed by atoms with Crippen LogP contribution in [0.25, 0.3) is 11.3 Å². The van der Waals surface area contributed by atoms with Crippen LogP contribution in [0.2, 0.25) is 10.0 Å². The number of halogens is 5. The zero-order valence-corrected chi connectivity index (χ0v) is 22.5. The van der Waals surface area contributed by atoms with E-state index in [2.05, 4.69) is 20.5 Å². The Morgan fingerprint density at radius 1 is 1.00 bits per heavy atom. The first kappa shape index (κ1) is 28.3. The zero-order valence-electron chi connectivity index (χ0n) is 21.0. The van der Waals surface area contributed by atoms with Crippen molar-refractivity contribution in [1.29, 1.82) is 0 Å². The summed E-state index contributed by atoms with van der Waals surface area (Å²) in [6.07, 6.45) is -3.02. The molecule has 4 aromatic rings. The van der Waals surface area contributed by atoms with Gasteiger partial charge in [0.2, 0.25) is 0 Å². The monoisotopic (exact) mass is 604 g/mol. The third-order valence-corrected chi connectivity index (χ3v) is 6.97. The molecule has 0 bridgehead atoms. The molecule has 0 atom stereocenters. The number of nitrogens with zero attached hydrogens (tertiary/aromatic N) is 2. The maximum absolute atomic E-state index is 13.0. The number of aromatic nitrogens is 2. The highest BCUT2D eigenvalue weighted by Gasteiger charge is 2.32. The fraction of sp³-hybridized carbons (Fsp3) is 0.179. The first-order chi connectivity index (χ1) is 19.5. The molecule has 3 N–H and O–H groups in total. The van der Waals surface area contributed by atoms with Crippen molar-refractivity contribution in [3.8, 4) is 22.8 Å². The third kappa shape index (κ3) is 6.93. The number of benzene rings is 3. The Morgan fingerprint density at radius 2 is 1.73 bits per heavy atom. The van der Waals surface area contributed by atoms with Gasteiger partial charge in [0.05, 0.1) is 21.4 Å². The van der Waals surface area contributed by atoms with Gasteiger partial charge in [-0.1, -0.05) is 29.3 Å². The molecule has 8 nitrogen and oxygen atoms in total. The Morgan fingerprint density at radius 3 is 2.37 bits per heavy atom. The maximum atomic E-state index is 13.0. The van der Waals surface area contributed by atoms with Gasteiger partial charge in [-0.15, -0.1) is 13.2 Å². The lowest BCUT2D eigenvalue weighted by Crippen LogP contribution is -2.30. The molecule has 1 saturated carbocycles. The predicted molar refractivity (Wildman–Crippen MR) is 146 cm³/mol. The fourth-order valence-electron chi connectivity index (χ4n) is 4.10. The predicted octanol–water partition coefficient (Wildman–Crippen LogP) is 7.35. The van der Waals surface area contributed by atoms with Crippen LogP contribution in [-0.4, -0.2) is 33.2 Å². The quantitative estimate of drug-likeness (QED) is 0.204. The minimum absolute atomic E-state index is 0.0859. The number of hydrogen-bond acceptors (Lipinski definition) is 5. The largest absolute Gasteiger partial charge is 0.573 e. The number of carbonyl (C=O) groups is 2. The molecule has 0 unspecified atom stereocenters. The van der Waals surface area contributed by atoms with Crippen LogP contribution in [0.4, 0.5) is 23.7 Å². The van der Waals surface area contributed by atoms with Crippen molar-refractivity contribution in [1.82, 2.24) is 15.1 Å². The average Bonchev–Trinajstić information content (AvgIpc) is 3.67. The third-order valence-electron chi connectivity index (χ3n) is 6.23. The van der Waals surface area contributed by atoms with Crippen molar-refractivity contribution in [2.45, 2.75) is 31.7 Å². The molecule has 1 fully saturated rings. The summed E-state index contributed by atoms with van der Waals surface area (Å²) < 4.78 is 42.1. The Kier molecular flexibility index (Phi) is 7.83. The highest BCUT2D eigenvalue weighted by molar-refractivity contribution is 6.42. The number of nitrogens with one attached hydrogen (secondary N) is 2. The van der Waals surface area contributed by atoms with Crippen LogP contribution in [0.3, 0.4) is 0 Å². The van der Waals surface area contributed by atoms with E-state index >= 15 is 0 Å². The Labute approximate surface area is 241 Å². The molecule has 1 aliphatic rings. The average molecular weight is 605 g/mol. The molecule has 0 spiro atoms. The minimum Gasteiger partial charge on any atom is -0.507 e. The molecule has 0 aliphatic heterocycles. The number of alkyl halides is 3. The molecule has 1 heterocycles. The van der Waals surface area contributed by atoms with Crippen molar-refractivity contribution in [3.63, 3.8) is 0 Å². The number of phenols is 1. The minimum atomic E-state index is -4.84. The van der Waals surface area contributed by atoms with E-state index < -0.39 is 24.1 Å². The van der Waals surface area contributed by atoms with E-state index in [0.29, 0.717) is 27.0 Å². The molecule has 1 aliphatic carbocycles. The zero-order chi connectivity index (χ0) is 29.3. The van der Waals surface area contributed by atoms with E-state index in [4.69, 9.17) is 23.2 Å². The van der Waals surface area contributed by atoms with Crippen LogP contribution in [0.5, 0.6) is 11.5 Å². The van der Waals surface area contributed by atoms with Gasteiger partial charge in [-0.2, -0.15) is 9.78 Å². The number of ether oxygens (including phenoxy) is 1. The van der Waals surface area contributed by atoms with Gasteiger partial charge in [-0.25, -0.2) is 4.79 Å². The van der Waals surface area contributed by atoms with Crippen molar-refractivity contribution in [2.24, 2.45) is 0 Å². The highest BCUT2D eigenvalue weighted by atomic mass is 35.5. The molecule has 41 heavy (non-hydrogen) atoms. The topological polar surface area (TPSA) is 105 Å². The number of carbonyl (C=O) groups excluding carboxylic acids is 2. The SMILES string of the molecule is O=C(Nc1ccc(-c2cc(C3CC3)n(C(=O)NCc3ccc(Cl)c(Cl)c3)n2)c(O)c1)c1ccc(OC(F)(F)F)cc1. The van der Waals surface area contributed by atoms with E-state index in [0.717, 1.165) is 30.5 Å². The number of amides is 2. The van der Waals surface area contributed by atoms with Gasteiger partial charge in [0.15, 0.2) is 0 Å². The number of rotatable bonds is 7. The second-order valence-corrected chi connectivity index (χ2v) is 10.1. The van der Waals surface area contributed by atoms with Crippen LogP contribution in [0, 0.1) is 0 Å². The van der Waals surface area contributed by atoms with Crippen molar-refractivity contribution < 1.29 is 32.6 Å². The van der Waals surface area contributed by atoms with Crippen molar-refractivity contribution in [2.75, 3.05) is 5.32 Å². The first-order valence-corrected chi connectivity index (χ1v) is 13.0. The highest BCUT2D eigenvalue weighted by Crippen LogP contribution is 2.42. The van der Waals surface area contributed by atoms with Crippen LogP contribution in [0.1, 0.15) is 40.4 Å². The Bertz CT molecular complexity index is 1620. The van der Waals surface area contributed by atoms with Crippen molar-refractivity contribution in [3.05, 3.63) is 93.6 Å². The Hall–Kier alpha value is -4.22. The van der Waals surface area contributed by atoms with Crippen molar-refractivity contribution >= 4 is 40.8 Å². The van der Waals surface area contributed by atoms with E-state index in [1.165, 1.54) is 28.9 Å². The lowest BCUT2D eigenvalue weighted by molar-refractivity contribution is -0.274. The molecule has 13 heteroatoms. The molecular formula is C28H21Cl2F3N4O4. The van der Waals surface area contributed by atoms with Gasteiger partial charge in [0, 0.05) is 35.3 Å². The van der Waals surface area contributed by atoms with Gasteiger partial charge in [0.25, 0.3) is 5.91 Å². The summed E-state index contributed by atoms with van der Waals surface area (Å²) in [4.78, 5) is 25.6. The first-order valence-electron chi connectivity index (χ1n) is 12.3. The summed E-state index contributed by atoms with van der Waals surface area (Å²) in [6.45, 7) is 0.201. The molecule has 0 saturated heterocycles. The molecule has 5 rings (SSSR count). The number of hydrogen-bond donors (Lipinski definition) is 3. The molecular weight excluding hydrogens is 584 g/mol. The molecule has 1 aromatic heterocycles. The van der Waals surface area contributed by atoms with E-state index in [1.807, 2.05) is 0 Å². The molecule has 0 radical (unpaired) electrons. The van der Waals surface area contributed by atoms with Crippen LogP contribution >= 0.6 is 23.2 Å². The number of aromatic hydroxyl groups is 1. The molecule has 212 valence electrons. The summed E-state index contributed by atoms with van der Waals surface area (Å²) in [5, 5.41) is 21.3. The summed E-state index contributed by atoms with van der Waals surface area (Å²) in [6, 6.07) is 15.2. The maximum Gasteiger partial charge on any atom is 0.573 e. The fourth-order valence-corrected chi connectivity index (χ4v) is 4.42. The normalized spacial score (nSPS) is 13.1. The second-order valence-electron chi connectivity index (χ2n) is 9.31. The Balaban J connectivity index is 1.29. The van der Waals surface area contributed by atoms with Crippen LogP contribution in [-0.2, 0) is 6.54 Å². The van der Waals surface area contributed by atoms with Crippen LogP contribution in [0.15, 0.2) is 66.7 Å². The van der Waals surface area contributed by atoms with Gasteiger partial charge in [0.1, 0.15) is 11.5 Å². The summed E-state index contributed by atoms with van der Waals surface area (Å²) in [5.74, 6) is -1.08. The van der Waals surface area contributed by atoms with Gasteiger partial charge < -0.3 is 20.5 Å². The number of anilines is 1. The molecule has 2 amide bonds. The lowest BCUT2D eigenvalue weighted by atomic mass is 10.1. The summed E-state index contributed by atoms with van der Waals surface area (Å²) in [7, 11) is 0. The smallest absolute Gasteiger partial charge is 0.507 e. The van der Waals surface area contributed by atoms with E-state index in [-0.39, 0.29) is 29.5 Å². The van der Waals surface area contributed by atoms with E-state index in [9.17, 15) is 27.9 Å².